The molecule has 1 aromatic rings. The van der Waals surface area contributed by atoms with Gasteiger partial charge in [-0.2, -0.15) is 0 Å². The molecule has 1 heterocycles. The summed E-state index contributed by atoms with van der Waals surface area (Å²) in [4.78, 5) is 38.8. The van der Waals surface area contributed by atoms with Gasteiger partial charge in [0.15, 0.2) is 0 Å². The molecule has 1 fully saturated rings. The van der Waals surface area contributed by atoms with Crippen LogP contribution in [0.25, 0.3) is 0 Å². The van der Waals surface area contributed by atoms with Gasteiger partial charge in [-0.05, 0) is 44.9 Å². The zero-order chi connectivity index (χ0) is 22.1. The fourth-order valence-corrected chi connectivity index (χ4v) is 3.50. The monoisotopic (exact) mass is 420 g/mol. The second-order valence-corrected chi connectivity index (χ2v) is 6.99. The minimum Gasteiger partial charge on any atom is -0.494 e. The average molecular weight is 421 g/mol. The van der Waals surface area contributed by atoms with E-state index in [1.807, 2.05) is 38.1 Å². The highest BCUT2D eigenvalue weighted by atomic mass is 16.5. The number of nitrogens with zero attached hydrogens (tertiary/aromatic N) is 1. The van der Waals surface area contributed by atoms with Crippen molar-refractivity contribution in [3.63, 3.8) is 0 Å². The summed E-state index contributed by atoms with van der Waals surface area (Å²) in [6, 6.07) is 6.10. The number of ether oxygens (including phenoxy) is 3. The molecule has 1 unspecified atom stereocenters. The molecule has 30 heavy (non-hydrogen) atoms. The zero-order valence-corrected chi connectivity index (χ0v) is 18.2. The lowest BCUT2D eigenvalue weighted by Gasteiger charge is -2.18. The van der Waals surface area contributed by atoms with E-state index in [0.29, 0.717) is 19.6 Å². The summed E-state index contributed by atoms with van der Waals surface area (Å²) in [7, 11) is 0. The van der Waals surface area contributed by atoms with E-state index in [1.54, 1.807) is 18.7 Å². The van der Waals surface area contributed by atoms with Crippen LogP contribution in [0, 0.1) is 0 Å². The molecule has 0 bridgehead atoms. The molecule has 0 aromatic heterocycles. The topological polar surface area (TPSA) is 93.9 Å². The fraction of sp³-hybridized carbons (Fsp3) is 0.591. The number of esters is 2. The molecule has 2 rings (SSSR count). The molecule has 1 amide bonds. The standard InChI is InChI=1S/C22H32N2O6/c1-5-18-20(24(18)14-19(25)29-7-3)21(26)23-17(22(27)30-8-4)13-15-9-11-16(12-10-15)28-6-2/h9-12,17-18,20H,5-8,13-14H2,1-4H3,(H,23,26)/t17-,18+,20-,24?/m0/s1. The highest BCUT2D eigenvalue weighted by Crippen LogP contribution is 2.31. The Morgan fingerprint density at radius 3 is 2.23 bits per heavy atom. The maximum atomic E-state index is 12.8. The van der Waals surface area contributed by atoms with Crippen LogP contribution in [-0.2, 0) is 30.3 Å². The third-order valence-electron chi connectivity index (χ3n) is 4.92. The van der Waals surface area contributed by atoms with E-state index in [1.165, 1.54) is 0 Å². The first-order valence-corrected chi connectivity index (χ1v) is 10.5. The van der Waals surface area contributed by atoms with Gasteiger partial charge in [0.25, 0.3) is 0 Å². The Morgan fingerprint density at radius 2 is 1.67 bits per heavy atom. The van der Waals surface area contributed by atoms with Crippen molar-refractivity contribution in [2.75, 3.05) is 26.4 Å². The van der Waals surface area contributed by atoms with Crippen LogP contribution in [0.3, 0.4) is 0 Å². The maximum Gasteiger partial charge on any atom is 0.328 e. The summed E-state index contributed by atoms with van der Waals surface area (Å²) in [5.74, 6) is -0.376. The lowest BCUT2D eigenvalue weighted by Crippen LogP contribution is -2.46. The second kappa shape index (κ2) is 11.5. The van der Waals surface area contributed by atoms with Crippen LogP contribution in [0.4, 0.5) is 0 Å². The molecular weight excluding hydrogens is 388 g/mol. The molecule has 0 radical (unpaired) electrons. The number of nitrogens with one attached hydrogen (secondary N) is 1. The van der Waals surface area contributed by atoms with Gasteiger partial charge >= 0.3 is 11.9 Å². The van der Waals surface area contributed by atoms with Gasteiger partial charge in [-0.1, -0.05) is 19.1 Å². The van der Waals surface area contributed by atoms with Crippen LogP contribution in [-0.4, -0.2) is 67.2 Å². The van der Waals surface area contributed by atoms with E-state index in [-0.39, 0.29) is 31.1 Å². The fourth-order valence-electron chi connectivity index (χ4n) is 3.50. The van der Waals surface area contributed by atoms with Crippen molar-refractivity contribution in [1.29, 1.82) is 0 Å². The second-order valence-electron chi connectivity index (χ2n) is 6.99. The maximum absolute atomic E-state index is 12.8. The average Bonchev–Trinajstić information content (AvgIpc) is 3.41. The Balaban J connectivity index is 2.03. The Morgan fingerprint density at radius 1 is 1.00 bits per heavy atom. The first-order chi connectivity index (χ1) is 14.4. The van der Waals surface area contributed by atoms with Gasteiger partial charge in [0, 0.05) is 12.5 Å². The molecule has 8 heteroatoms. The summed E-state index contributed by atoms with van der Waals surface area (Å²) in [5, 5.41) is 2.81. The number of carbonyl (C=O) groups is 3. The van der Waals surface area contributed by atoms with Gasteiger partial charge in [0.1, 0.15) is 17.8 Å². The Labute approximate surface area is 177 Å². The summed E-state index contributed by atoms with van der Waals surface area (Å²) in [6.07, 6.45) is 1.03. The minimum absolute atomic E-state index is 0.0391. The van der Waals surface area contributed by atoms with Crippen molar-refractivity contribution >= 4 is 17.8 Å². The number of rotatable bonds is 12. The lowest BCUT2D eigenvalue weighted by atomic mass is 10.1. The number of hydrogen-bond donors (Lipinski definition) is 1. The summed E-state index contributed by atoms with van der Waals surface area (Å²) in [5.41, 5.74) is 0.878. The Hall–Kier alpha value is -2.61. The van der Waals surface area contributed by atoms with Crippen LogP contribution in [0.5, 0.6) is 5.75 Å². The molecule has 1 aliphatic heterocycles. The van der Waals surface area contributed by atoms with E-state index in [9.17, 15) is 14.4 Å². The van der Waals surface area contributed by atoms with Crippen molar-refractivity contribution in [3.8, 4) is 5.75 Å². The van der Waals surface area contributed by atoms with E-state index in [2.05, 4.69) is 5.32 Å². The predicted molar refractivity (Wildman–Crippen MR) is 111 cm³/mol. The van der Waals surface area contributed by atoms with Gasteiger partial charge in [-0.25, -0.2) is 4.79 Å². The number of hydrogen-bond acceptors (Lipinski definition) is 7. The molecule has 166 valence electrons. The van der Waals surface area contributed by atoms with E-state index in [4.69, 9.17) is 14.2 Å². The van der Waals surface area contributed by atoms with Crippen molar-refractivity contribution < 1.29 is 28.6 Å². The molecule has 1 saturated heterocycles. The minimum atomic E-state index is -0.807. The van der Waals surface area contributed by atoms with Gasteiger partial charge in [-0.3, -0.25) is 14.5 Å². The van der Waals surface area contributed by atoms with Crippen LogP contribution < -0.4 is 10.1 Å². The van der Waals surface area contributed by atoms with Gasteiger partial charge in [0.2, 0.25) is 5.91 Å². The summed E-state index contributed by atoms with van der Waals surface area (Å²) in [6.45, 7) is 8.50. The number of benzene rings is 1. The summed E-state index contributed by atoms with van der Waals surface area (Å²) < 4.78 is 15.6. The van der Waals surface area contributed by atoms with Crippen LogP contribution >= 0.6 is 0 Å². The smallest absolute Gasteiger partial charge is 0.328 e. The third-order valence-corrected chi connectivity index (χ3v) is 4.92. The SMILES string of the molecule is CCOC(=O)CN1[C@H](CC)[C@H]1C(=O)N[C@@H](Cc1ccc(OCC)cc1)C(=O)OCC. The van der Waals surface area contributed by atoms with E-state index in [0.717, 1.165) is 17.7 Å². The number of amides is 1. The molecule has 0 aliphatic carbocycles. The molecule has 4 atom stereocenters. The van der Waals surface area contributed by atoms with Gasteiger partial charge in [0.05, 0.1) is 26.4 Å². The van der Waals surface area contributed by atoms with Crippen molar-refractivity contribution in [3.05, 3.63) is 29.8 Å². The normalized spacial score (nSPS) is 20.7. The first kappa shape index (κ1) is 23.7. The van der Waals surface area contributed by atoms with Crippen molar-refractivity contribution in [1.82, 2.24) is 10.2 Å². The van der Waals surface area contributed by atoms with Crippen LogP contribution in [0.15, 0.2) is 24.3 Å². The van der Waals surface area contributed by atoms with Crippen LogP contribution in [0.2, 0.25) is 0 Å². The lowest BCUT2D eigenvalue weighted by molar-refractivity contribution is -0.147. The third kappa shape index (κ3) is 6.45. The largest absolute Gasteiger partial charge is 0.494 e. The molecule has 1 aromatic carbocycles. The van der Waals surface area contributed by atoms with Crippen molar-refractivity contribution in [2.45, 2.75) is 58.7 Å². The first-order valence-electron chi connectivity index (χ1n) is 10.5. The van der Waals surface area contributed by atoms with Crippen molar-refractivity contribution in [2.24, 2.45) is 0 Å². The molecule has 0 spiro atoms. The molecule has 8 nitrogen and oxygen atoms in total. The zero-order valence-electron chi connectivity index (χ0n) is 18.2. The van der Waals surface area contributed by atoms with Crippen LogP contribution in [0.1, 0.15) is 39.7 Å². The Bertz CT molecular complexity index is 721. The predicted octanol–water partition coefficient (Wildman–Crippen LogP) is 1.70. The van der Waals surface area contributed by atoms with E-state index >= 15 is 0 Å². The van der Waals surface area contributed by atoms with Gasteiger partial charge in [-0.15, -0.1) is 0 Å². The molecule has 0 saturated carbocycles. The molecular formula is C22H32N2O6. The molecule has 1 aliphatic rings. The summed E-state index contributed by atoms with van der Waals surface area (Å²) >= 11 is 0. The van der Waals surface area contributed by atoms with E-state index < -0.39 is 18.1 Å². The quantitative estimate of drug-likeness (QED) is 0.406. The highest BCUT2D eigenvalue weighted by Gasteiger charge is 2.52. The highest BCUT2D eigenvalue weighted by molar-refractivity contribution is 5.91. The number of carbonyl (C=O) groups excluding carboxylic acids is 3. The molecule has 1 N–H and O–H groups in total. The Kier molecular flexibility index (Phi) is 9.11. The van der Waals surface area contributed by atoms with Gasteiger partial charge < -0.3 is 19.5 Å².